The molecule has 1 rings (SSSR count). The summed E-state index contributed by atoms with van der Waals surface area (Å²) in [7, 11) is 0. The molecule has 108 valence electrons. The molecule has 2 N–H and O–H groups in total. The highest BCUT2D eigenvalue weighted by atomic mass is 32.2. The molecule has 19 heavy (non-hydrogen) atoms. The molecule has 0 radical (unpaired) electrons. The van der Waals surface area contributed by atoms with Crippen molar-refractivity contribution in [1.82, 2.24) is 5.32 Å². The molecule has 0 bridgehead atoms. The van der Waals surface area contributed by atoms with E-state index >= 15 is 0 Å². The Morgan fingerprint density at radius 1 is 1.32 bits per heavy atom. The Kier molecular flexibility index (Phi) is 6.90. The third-order valence-corrected chi connectivity index (χ3v) is 4.33. The smallest absolute Gasteiger partial charge is 0.0436 e. The number of aliphatic hydroxyl groups excluding tert-OH is 1. The van der Waals surface area contributed by atoms with Crippen molar-refractivity contribution in [2.75, 3.05) is 18.9 Å². The Bertz CT molecular complexity index is 379. The Balaban J connectivity index is 2.65. The van der Waals surface area contributed by atoms with Crippen molar-refractivity contribution in [3.05, 3.63) is 29.8 Å². The van der Waals surface area contributed by atoms with Gasteiger partial charge in [0.25, 0.3) is 0 Å². The second-order valence-corrected chi connectivity index (χ2v) is 7.02. The molecule has 0 aliphatic heterocycles. The third kappa shape index (κ3) is 5.55. The normalized spacial score (nSPS) is 13.5. The standard InChI is InChI=1S/C16H27NOS/c1-5-19-15-9-7-6-8-14(15)13(2)17-12-16(3,4)10-11-18/h6-9,13,17-18H,5,10-12H2,1-4H3. The zero-order valence-corrected chi connectivity index (χ0v) is 13.4. The van der Waals surface area contributed by atoms with Gasteiger partial charge in [-0.25, -0.2) is 0 Å². The van der Waals surface area contributed by atoms with Crippen LogP contribution in [-0.2, 0) is 0 Å². The van der Waals surface area contributed by atoms with E-state index < -0.39 is 0 Å². The summed E-state index contributed by atoms with van der Waals surface area (Å²) in [4.78, 5) is 1.37. The first-order valence-electron chi connectivity index (χ1n) is 7.06. The fourth-order valence-electron chi connectivity index (χ4n) is 2.06. The molecule has 0 spiro atoms. The minimum Gasteiger partial charge on any atom is -0.396 e. The highest BCUT2D eigenvalue weighted by Gasteiger charge is 2.19. The lowest BCUT2D eigenvalue weighted by Crippen LogP contribution is -2.32. The molecule has 0 aliphatic carbocycles. The lowest BCUT2D eigenvalue weighted by Gasteiger charge is -2.27. The van der Waals surface area contributed by atoms with E-state index in [0.29, 0.717) is 6.04 Å². The Morgan fingerprint density at radius 3 is 2.63 bits per heavy atom. The summed E-state index contributed by atoms with van der Waals surface area (Å²) in [5.41, 5.74) is 1.50. The van der Waals surface area contributed by atoms with Crippen LogP contribution in [0.5, 0.6) is 0 Å². The minimum absolute atomic E-state index is 0.135. The minimum atomic E-state index is 0.135. The van der Waals surface area contributed by atoms with Gasteiger partial charge >= 0.3 is 0 Å². The SMILES string of the molecule is CCSc1ccccc1C(C)NCC(C)(C)CCO. The Labute approximate surface area is 122 Å². The second kappa shape index (κ2) is 7.93. The van der Waals surface area contributed by atoms with Gasteiger partial charge in [0.2, 0.25) is 0 Å². The molecule has 0 heterocycles. The maximum absolute atomic E-state index is 9.07. The molecule has 1 unspecified atom stereocenters. The number of aliphatic hydroxyl groups is 1. The molecule has 0 saturated carbocycles. The largest absolute Gasteiger partial charge is 0.396 e. The first-order valence-corrected chi connectivity index (χ1v) is 8.04. The van der Waals surface area contributed by atoms with Crippen LogP contribution >= 0.6 is 11.8 Å². The zero-order chi connectivity index (χ0) is 14.3. The van der Waals surface area contributed by atoms with Gasteiger partial charge in [0, 0.05) is 24.1 Å². The fraction of sp³-hybridized carbons (Fsp3) is 0.625. The van der Waals surface area contributed by atoms with Crippen LogP contribution in [0.1, 0.15) is 45.7 Å². The van der Waals surface area contributed by atoms with E-state index in [0.717, 1.165) is 18.7 Å². The van der Waals surface area contributed by atoms with E-state index in [1.54, 1.807) is 0 Å². The summed E-state index contributed by atoms with van der Waals surface area (Å²) in [6.45, 7) is 9.95. The molecule has 2 nitrogen and oxygen atoms in total. The van der Waals surface area contributed by atoms with Gasteiger partial charge in [-0.15, -0.1) is 11.8 Å². The van der Waals surface area contributed by atoms with Gasteiger partial charge in [0.1, 0.15) is 0 Å². The summed E-state index contributed by atoms with van der Waals surface area (Å²) in [6.07, 6.45) is 0.831. The van der Waals surface area contributed by atoms with Crippen molar-refractivity contribution in [3.63, 3.8) is 0 Å². The van der Waals surface area contributed by atoms with Crippen LogP contribution in [-0.4, -0.2) is 24.0 Å². The van der Waals surface area contributed by atoms with Crippen LogP contribution in [0.4, 0.5) is 0 Å². The molecule has 0 amide bonds. The van der Waals surface area contributed by atoms with Crippen LogP contribution in [0, 0.1) is 5.41 Å². The van der Waals surface area contributed by atoms with E-state index in [4.69, 9.17) is 5.11 Å². The average Bonchev–Trinajstić information content (AvgIpc) is 2.37. The molecule has 0 saturated heterocycles. The van der Waals surface area contributed by atoms with Crippen molar-refractivity contribution in [1.29, 1.82) is 0 Å². The first kappa shape index (κ1) is 16.5. The summed E-state index contributed by atoms with van der Waals surface area (Å²) < 4.78 is 0. The second-order valence-electron chi connectivity index (χ2n) is 5.71. The van der Waals surface area contributed by atoms with Crippen LogP contribution < -0.4 is 5.32 Å². The molecule has 1 atom stereocenters. The third-order valence-electron chi connectivity index (χ3n) is 3.36. The zero-order valence-electron chi connectivity index (χ0n) is 12.6. The van der Waals surface area contributed by atoms with Gasteiger partial charge in [-0.05, 0) is 36.1 Å². The topological polar surface area (TPSA) is 32.3 Å². The predicted molar refractivity (Wildman–Crippen MR) is 84.7 cm³/mol. The highest BCUT2D eigenvalue weighted by Crippen LogP contribution is 2.28. The fourth-order valence-corrected chi connectivity index (χ4v) is 2.95. The van der Waals surface area contributed by atoms with Crippen LogP contribution in [0.3, 0.4) is 0 Å². The molecule has 3 heteroatoms. The van der Waals surface area contributed by atoms with Gasteiger partial charge < -0.3 is 10.4 Å². The average molecular weight is 281 g/mol. The van der Waals surface area contributed by atoms with Crippen molar-refractivity contribution >= 4 is 11.8 Å². The Hall–Kier alpha value is -0.510. The molecule has 0 fully saturated rings. The number of nitrogens with one attached hydrogen (secondary N) is 1. The summed E-state index contributed by atoms with van der Waals surface area (Å²) in [6, 6.07) is 8.94. The molecule has 0 aromatic heterocycles. The van der Waals surface area contributed by atoms with Crippen LogP contribution in [0.25, 0.3) is 0 Å². The molecular weight excluding hydrogens is 254 g/mol. The first-order chi connectivity index (χ1) is 9.00. The lowest BCUT2D eigenvalue weighted by atomic mass is 9.89. The van der Waals surface area contributed by atoms with E-state index in [9.17, 15) is 0 Å². The maximum Gasteiger partial charge on any atom is 0.0436 e. The van der Waals surface area contributed by atoms with Gasteiger partial charge in [-0.3, -0.25) is 0 Å². The van der Waals surface area contributed by atoms with Gasteiger partial charge in [0.05, 0.1) is 0 Å². The maximum atomic E-state index is 9.07. The van der Waals surface area contributed by atoms with E-state index in [-0.39, 0.29) is 12.0 Å². The van der Waals surface area contributed by atoms with Gasteiger partial charge in [-0.1, -0.05) is 39.0 Å². The number of rotatable bonds is 8. The van der Waals surface area contributed by atoms with E-state index in [2.05, 4.69) is 57.3 Å². The number of hydrogen-bond acceptors (Lipinski definition) is 3. The predicted octanol–water partition coefficient (Wildman–Crippen LogP) is 3.86. The van der Waals surface area contributed by atoms with Crippen molar-refractivity contribution in [2.24, 2.45) is 5.41 Å². The van der Waals surface area contributed by atoms with E-state index in [1.807, 2.05) is 11.8 Å². The summed E-state index contributed by atoms with van der Waals surface area (Å²) >= 11 is 1.89. The summed E-state index contributed by atoms with van der Waals surface area (Å²) in [5.74, 6) is 1.10. The molecule has 1 aromatic carbocycles. The summed E-state index contributed by atoms with van der Waals surface area (Å²) in [5, 5.41) is 12.7. The molecule has 1 aromatic rings. The quantitative estimate of drug-likeness (QED) is 0.710. The van der Waals surface area contributed by atoms with Crippen LogP contribution in [0.2, 0.25) is 0 Å². The number of benzene rings is 1. The van der Waals surface area contributed by atoms with Gasteiger partial charge in [0.15, 0.2) is 0 Å². The highest BCUT2D eigenvalue weighted by molar-refractivity contribution is 7.99. The lowest BCUT2D eigenvalue weighted by molar-refractivity contribution is 0.203. The molecular formula is C16H27NOS. The van der Waals surface area contributed by atoms with Gasteiger partial charge in [-0.2, -0.15) is 0 Å². The number of hydrogen-bond donors (Lipinski definition) is 2. The number of thioether (sulfide) groups is 1. The van der Waals surface area contributed by atoms with Crippen molar-refractivity contribution in [3.8, 4) is 0 Å². The van der Waals surface area contributed by atoms with Crippen LogP contribution in [0.15, 0.2) is 29.2 Å². The van der Waals surface area contributed by atoms with Crippen molar-refractivity contribution < 1.29 is 5.11 Å². The van der Waals surface area contributed by atoms with Crippen molar-refractivity contribution in [2.45, 2.75) is 45.1 Å². The monoisotopic (exact) mass is 281 g/mol. The molecule has 0 aliphatic rings. The Morgan fingerprint density at radius 2 is 2.00 bits per heavy atom. The van der Waals surface area contributed by atoms with E-state index in [1.165, 1.54) is 10.5 Å².